The second-order valence-electron chi connectivity index (χ2n) is 5.53. The van der Waals surface area contributed by atoms with E-state index in [1.54, 1.807) is 6.07 Å². The van der Waals surface area contributed by atoms with Gasteiger partial charge in [0.15, 0.2) is 0 Å². The summed E-state index contributed by atoms with van der Waals surface area (Å²) >= 11 is 2.33. The molecule has 0 saturated carbocycles. The molecular formula is C14H18N2O4S3. The fourth-order valence-corrected chi connectivity index (χ4v) is 6.57. The number of carbonyl (C=O) groups excluding carboxylic acids is 2. The number of piperidine rings is 1. The molecule has 0 aromatic carbocycles. The monoisotopic (exact) mass is 374 g/mol. The molecule has 0 bridgehead atoms. The zero-order valence-electron chi connectivity index (χ0n) is 12.7. The Morgan fingerprint density at radius 1 is 1.22 bits per heavy atom. The molecule has 0 radical (unpaired) electrons. The van der Waals surface area contributed by atoms with Crippen LogP contribution in [0.5, 0.6) is 0 Å². The van der Waals surface area contributed by atoms with Crippen molar-refractivity contribution in [3.63, 3.8) is 0 Å². The maximum Gasteiger partial charge on any atom is 0.289 e. The molecule has 0 aliphatic carbocycles. The van der Waals surface area contributed by atoms with Gasteiger partial charge in [-0.2, -0.15) is 4.31 Å². The van der Waals surface area contributed by atoms with Crippen LogP contribution >= 0.6 is 23.1 Å². The first-order chi connectivity index (χ1) is 10.9. The van der Waals surface area contributed by atoms with E-state index < -0.39 is 10.0 Å². The van der Waals surface area contributed by atoms with Crippen LogP contribution in [0, 0.1) is 0 Å². The van der Waals surface area contributed by atoms with E-state index in [4.69, 9.17) is 0 Å². The zero-order chi connectivity index (χ0) is 16.6. The van der Waals surface area contributed by atoms with E-state index >= 15 is 0 Å². The van der Waals surface area contributed by atoms with Gasteiger partial charge in [0, 0.05) is 24.0 Å². The Hall–Kier alpha value is -0.900. The molecule has 3 heterocycles. The molecule has 2 aliphatic rings. The molecule has 0 unspecified atom stereocenters. The summed E-state index contributed by atoms with van der Waals surface area (Å²) in [6.45, 7) is 2.68. The van der Waals surface area contributed by atoms with E-state index in [1.165, 1.54) is 20.5 Å². The van der Waals surface area contributed by atoms with Crippen molar-refractivity contribution < 1.29 is 18.0 Å². The minimum atomic E-state index is -3.47. The molecule has 2 aliphatic heterocycles. The molecular weight excluding hydrogens is 356 g/mol. The predicted octanol–water partition coefficient (Wildman–Crippen LogP) is 2.16. The number of thiophene rings is 1. The molecule has 23 heavy (non-hydrogen) atoms. The Morgan fingerprint density at radius 2 is 1.91 bits per heavy atom. The van der Waals surface area contributed by atoms with E-state index in [0.717, 1.165) is 23.1 Å². The smallest absolute Gasteiger partial charge is 0.273 e. The fourth-order valence-electron chi connectivity index (χ4n) is 2.87. The Balaban J connectivity index is 1.68. The van der Waals surface area contributed by atoms with Crippen LogP contribution in [0.25, 0.3) is 0 Å². The van der Waals surface area contributed by atoms with E-state index in [-0.39, 0.29) is 22.9 Å². The first kappa shape index (κ1) is 16.9. The number of hydrogen-bond acceptors (Lipinski definition) is 6. The lowest BCUT2D eigenvalue weighted by Crippen LogP contribution is -2.48. The van der Waals surface area contributed by atoms with E-state index in [9.17, 15) is 18.0 Å². The number of nitrogens with zero attached hydrogens (tertiary/aromatic N) is 2. The molecule has 126 valence electrons. The van der Waals surface area contributed by atoms with E-state index in [0.29, 0.717) is 30.1 Å². The average Bonchev–Trinajstić information content (AvgIpc) is 3.15. The van der Waals surface area contributed by atoms with Gasteiger partial charge in [-0.15, -0.1) is 11.3 Å². The number of aryl methyl sites for hydroxylation is 1. The van der Waals surface area contributed by atoms with Crippen molar-refractivity contribution in [2.45, 2.75) is 36.4 Å². The SMILES string of the molecule is CCc1ccc(S(=O)(=O)N2CCC(N3C(=O)CSC3=O)CC2)s1. The molecule has 6 nitrogen and oxygen atoms in total. The van der Waals surface area contributed by atoms with Gasteiger partial charge in [0.1, 0.15) is 4.21 Å². The van der Waals surface area contributed by atoms with Gasteiger partial charge in [-0.1, -0.05) is 18.7 Å². The van der Waals surface area contributed by atoms with Gasteiger partial charge in [0.05, 0.1) is 5.75 Å². The van der Waals surface area contributed by atoms with Crippen LogP contribution in [-0.4, -0.2) is 53.7 Å². The van der Waals surface area contributed by atoms with E-state index in [1.807, 2.05) is 13.0 Å². The van der Waals surface area contributed by atoms with Gasteiger partial charge in [-0.05, 0) is 31.4 Å². The summed E-state index contributed by atoms with van der Waals surface area (Å²) in [6, 6.07) is 3.34. The van der Waals surface area contributed by atoms with Crippen molar-refractivity contribution in [1.29, 1.82) is 0 Å². The number of hydrogen-bond donors (Lipinski definition) is 0. The first-order valence-electron chi connectivity index (χ1n) is 7.51. The Bertz CT molecular complexity index is 704. The summed E-state index contributed by atoms with van der Waals surface area (Å²) in [4.78, 5) is 25.9. The Labute approximate surface area is 143 Å². The molecule has 2 amide bonds. The highest BCUT2D eigenvalue weighted by Crippen LogP contribution is 2.30. The quantitative estimate of drug-likeness (QED) is 0.807. The van der Waals surface area contributed by atoms with Crippen molar-refractivity contribution in [2.24, 2.45) is 0 Å². The van der Waals surface area contributed by atoms with Gasteiger partial charge >= 0.3 is 0 Å². The molecule has 1 aromatic heterocycles. The standard InChI is InChI=1S/C14H18N2O4S3/c1-2-11-3-4-13(22-11)23(19,20)15-7-5-10(6-8-15)16-12(17)9-21-14(16)18/h3-4,10H,2,5-9H2,1H3. The topological polar surface area (TPSA) is 74.8 Å². The third-order valence-corrected chi connectivity index (χ3v) is 8.58. The molecule has 0 atom stereocenters. The van der Waals surface area contributed by atoms with Crippen LogP contribution in [0.3, 0.4) is 0 Å². The highest BCUT2D eigenvalue weighted by molar-refractivity contribution is 8.14. The highest BCUT2D eigenvalue weighted by atomic mass is 32.2. The maximum atomic E-state index is 12.7. The van der Waals surface area contributed by atoms with Crippen molar-refractivity contribution in [3.05, 3.63) is 17.0 Å². The van der Waals surface area contributed by atoms with Gasteiger partial charge < -0.3 is 0 Å². The molecule has 0 spiro atoms. The van der Waals surface area contributed by atoms with Crippen LogP contribution in [0.4, 0.5) is 4.79 Å². The number of thioether (sulfide) groups is 1. The largest absolute Gasteiger partial charge is 0.289 e. The molecule has 2 fully saturated rings. The summed E-state index contributed by atoms with van der Waals surface area (Å²) in [5.74, 6) is 0.0407. The van der Waals surface area contributed by atoms with Crippen molar-refractivity contribution in [3.8, 4) is 0 Å². The van der Waals surface area contributed by atoms with Gasteiger partial charge in [-0.3, -0.25) is 14.5 Å². The maximum absolute atomic E-state index is 12.7. The van der Waals surface area contributed by atoms with Gasteiger partial charge in [-0.25, -0.2) is 8.42 Å². The van der Waals surface area contributed by atoms with Gasteiger partial charge in [0.25, 0.3) is 15.3 Å². The third-order valence-electron chi connectivity index (χ3n) is 4.15. The summed E-state index contributed by atoms with van der Waals surface area (Å²) < 4.78 is 27.2. The minimum Gasteiger partial charge on any atom is -0.273 e. The second kappa shape index (κ2) is 6.54. The normalized spacial score (nSPS) is 21.3. The number of imide groups is 1. The van der Waals surface area contributed by atoms with Crippen LogP contribution in [0.1, 0.15) is 24.6 Å². The summed E-state index contributed by atoms with van der Waals surface area (Å²) in [7, 11) is -3.47. The molecule has 1 aromatic rings. The molecule has 9 heteroatoms. The number of sulfonamides is 1. The van der Waals surface area contributed by atoms with Crippen LogP contribution in [-0.2, 0) is 21.2 Å². The van der Waals surface area contributed by atoms with Crippen LogP contribution in [0.2, 0.25) is 0 Å². The van der Waals surface area contributed by atoms with Crippen molar-refractivity contribution >= 4 is 44.3 Å². The highest BCUT2D eigenvalue weighted by Gasteiger charge is 2.39. The second-order valence-corrected chi connectivity index (χ2v) is 9.79. The summed E-state index contributed by atoms with van der Waals surface area (Å²) in [5.41, 5.74) is 0. The zero-order valence-corrected chi connectivity index (χ0v) is 15.2. The van der Waals surface area contributed by atoms with Crippen LogP contribution in [0.15, 0.2) is 16.3 Å². The third kappa shape index (κ3) is 3.19. The van der Waals surface area contributed by atoms with Gasteiger partial charge in [0.2, 0.25) is 5.91 Å². The lowest BCUT2D eigenvalue weighted by molar-refractivity contribution is -0.126. The molecule has 2 saturated heterocycles. The predicted molar refractivity (Wildman–Crippen MR) is 90.2 cm³/mol. The molecule has 0 N–H and O–H groups in total. The van der Waals surface area contributed by atoms with Crippen molar-refractivity contribution in [2.75, 3.05) is 18.8 Å². The van der Waals surface area contributed by atoms with Crippen molar-refractivity contribution in [1.82, 2.24) is 9.21 Å². The number of rotatable bonds is 4. The Morgan fingerprint density at radius 3 is 2.43 bits per heavy atom. The Kier molecular flexibility index (Phi) is 4.82. The average molecular weight is 375 g/mol. The number of carbonyl (C=O) groups is 2. The molecule has 3 rings (SSSR count). The summed E-state index contributed by atoms with van der Waals surface area (Å²) in [5, 5.41) is -0.206. The van der Waals surface area contributed by atoms with Crippen LogP contribution < -0.4 is 0 Å². The number of amides is 2. The first-order valence-corrected chi connectivity index (χ1v) is 10.8. The lowest BCUT2D eigenvalue weighted by Gasteiger charge is -2.34. The minimum absolute atomic E-state index is 0.160. The fraction of sp³-hybridized carbons (Fsp3) is 0.571. The van der Waals surface area contributed by atoms with E-state index in [2.05, 4.69) is 0 Å². The lowest BCUT2D eigenvalue weighted by atomic mass is 10.1. The summed E-state index contributed by atoms with van der Waals surface area (Å²) in [6.07, 6.45) is 1.83.